The van der Waals surface area contributed by atoms with Gasteiger partial charge in [-0.25, -0.2) is 4.68 Å². The fraction of sp³-hybridized carbons (Fsp3) is 0.182. The molecule has 78 valence electrons. The topological polar surface area (TPSA) is 26.9 Å². The Hall–Kier alpha value is -1.29. The number of hydrogen-bond acceptors (Lipinski definition) is 1. The molecule has 2 aromatic rings. The molecule has 1 aromatic carbocycles. The van der Waals surface area contributed by atoms with Crippen molar-refractivity contribution in [2.24, 2.45) is 0 Å². The van der Waals surface area contributed by atoms with Crippen LogP contribution in [0, 0.1) is 13.8 Å². The Morgan fingerprint density at radius 2 is 1.73 bits per heavy atom. The van der Waals surface area contributed by atoms with Crippen molar-refractivity contribution in [2.45, 2.75) is 13.8 Å². The summed E-state index contributed by atoms with van der Waals surface area (Å²) in [6.45, 7) is 3.76. The Morgan fingerprint density at radius 1 is 1.13 bits per heavy atom. The fourth-order valence-electron chi connectivity index (χ4n) is 1.54. The van der Waals surface area contributed by atoms with E-state index in [-0.39, 0.29) is 5.56 Å². The van der Waals surface area contributed by atoms with E-state index in [0.717, 1.165) is 16.9 Å². The number of hydrogen-bond donors (Lipinski definition) is 0. The lowest BCUT2D eigenvalue weighted by Crippen LogP contribution is -2.13. The number of benzene rings is 1. The predicted octanol–water partition coefficient (Wildman–Crippen LogP) is 2.41. The molecular weight excluding hydrogens is 256 g/mol. The molecule has 0 amide bonds. The minimum atomic E-state index is -0.0173. The van der Waals surface area contributed by atoms with Gasteiger partial charge in [0.1, 0.15) is 0 Å². The number of halogens is 1. The summed E-state index contributed by atoms with van der Waals surface area (Å²) in [5.41, 5.74) is 2.66. The van der Waals surface area contributed by atoms with Gasteiger partial charge < -0.3 is 0 Å². The molecule has 0 bridgehead atoms. The Labute approximate surface area is 96.3 Å². The van der Waals surface area contributed by atoms with Crippen LogP contribution < -0.4 is 5.56 Å². The molecule has 0 N–H and O–H groups in total. The van der Waals surface area contributed by atoms with Crippen molar-refractivity contribution in [3.05, 3.63) is 51.9 Å². The van der Waals surface area contributed by atoms with Gasteiger partial charge in [0, 0.05) is 11.3 Å². The summed E-state index contributed by atoms with van der Waals surface area (Å²) in [5, 5.41) is 0. The highest BCUT2D eigenvalue weighted by Crippen LogP contribution is 2.13. The van der Waals surface area contributed by atoms with Crippen LogP contribution in [0.15, 0.2) is 35.1 Å². The predicted molar refractivity (Wildman–Crippen MR) is 63.8 cm³/mol. The standard InChI is InChI=1S/C11H11BrN2O/c1-8-9(2)13(14(12)11(8)15)10-6-4-3-5-7-10/h3-7H,1-2H3. The summed E-state index contributed by atoms with van der Waals surface area (Å²) < 4.78 is 3.30. The Bertz CT molecular complexity index is 540. The van der Waals surface area contributed by atoms with Crippen LogP contribution in [0.2, 0.25) is 0 Å². The number of para-hydroxylation sites is 1. The van der Waals surface area contributed by atoms with E-state index >= 15 is 0 Å². The summed E-state index contributed by atoms with van der Waals surface area (Å²) in [7, 11) is 0. The largest absolute Gasteiger partial charge is 0.280 e. The third-order valence-corrected chi connectivity index (χ3v) is 3.16. The second-order valence-electron chi connectivity index (χ2n) is 3.42. The van der Waals surface area contributed by atoms with Crippen LogP contribution in [0.3, 0.4) is 0 Å². The summed E-state index contributed by atoms with van der Waals surface area (Å²) in [6.07, 6.45) is 0. The van der Waals surface area contributed by atoms with Crippen molar-refractivity contribution in [1.29, 1.82) is 0 Å². The van der Waals surface area contributed by atoms with Gasteiger partial charge >= 0.3 is 0 Å². The first kappa shape index (κ1) is 10.2. The van der Waals surface area contributed by atoms with Crippen LogP contribution >= 0.6 is 16.1 Å². The molecule has 0 aliphatic rings. The third kappa shape index (κ3) is 1.55. The zero-order valence-electron chi connectivity index (χ0n) is 8.57. The lowest BCUT2D eigenvalue weighted by molar-refractivity contribution is 0.798. The molecule has 4 heteroatoms. The minimum Gasteiger partial charge on any atom is -0.267 e. The Balaban J connectivity index is 2.75. The monoisotopic (exact) mass is 266 g/mol. The van der Waals surface area contributed by atoms with E-state index < -0.39 is 0 Å². The van der Waals surface area contributed by atoms with Crippen molar-refractivity contribution in [3.8, 4) is 5.69 Å². The second kappa shape index (κ2) is 3.70. The molecule has 0 saturated heterocycles. The maximum Gasteiger partial charge on any atom is 0.280 e. The molecule has 15 heavy (non-hydrogen) atoms. The van der Waals surface area contributed by atoms with Crippen molar-refractivity contribution in [1.82, 2.24) is 8.39 Å². The summed E-state index contributed by atoms with van der Waals surface area (Å²) in [4.78, 5) is 11.7. The molecule has 0 aliphatic heterocycles. The molecule has 0 fully saturated rings. The maximum absolute atomic E-state index is 11.7. The van der Waals surface area contributed by atoms with Crippen LogP contribution in [-0.4, -0.2) is 8.39 Å². The van der Waals surface area contributed by atoms with E-state index in [0.29, 0.717) is 0 Å². The van der Waals surface area contributed by atoms with Crippen LogP contribution in [-0.2, 0) is 0 Å². The average Bonchev–Trinajstić information content (AvgIpc) is 2.45. The first-order valence-corrected chi connectivity index (χ1v) is 5.36. The van der Waals surface area contributed by atoms with E-state index in [2.05, 4.69) is 16.1 Å². The smallest absolute Gasteiger partial charge is 0.267 e. The van der Waals surface area contributed by atoms with Crippen LogP contribution in [0.5, 0.6) is 0 Å². The molecule has 1 heterocycles. The van der Waals surface area contributed by atoms with Gasteiger partial charge in [-0.15, -0.1) is 0 Å². The molecule has 2 rings (SSSR count). The third-order valence-electron chi connectivity index (χ3n) is 2.53. The Morgan fingerprint density at radius 3 is 2.20 bits per heavy atom. The minimum absolute atomic E-state index is 0.0173. The van der Waals surface area contributed by atoms with Gasteiger partial charge in [-0.1, -0.05) is 18.2 Å². The number of aromatic nitrogens is 2. The van der Waals surface area contributed by atoms with Gasteiger partial charge in [0.05, 0.1) is 21.8 Å². The van der Waals surface area contributed by atoms with Gasteiger partial charge in [-0.3, -0.25) is 4.79 Å². The number of rotatable bonds is 1. The SMILES string of the molecule is Cc1c(C)n(-c2ccccc2)n(Br)c1=O. The van der Waals surface area contributed by atoms with Crippen molar-refractivity contribution < 1.29 is 0 Å². The fourth-order valence-corrected chi connectivity index (χ4v) is 2.23. The maximum atomic E-state index is 11.7. The van der Waals surface area contributed by atoms with Gasteiger partial charge in [0.25, 0.3) is 5.56 Å². The highest BCUT2D eigenvalue weighted by atomic mass is 79.9. The highest BCUT2D eigenvalue weighted by molar-refractivity contribution is 9.08. The lowest BCUT2D eigenvalue weighted by Gasteiger charge is -2.07. The summed E-state index contributed by atoms with van der Waals surface area (Å²) >= 11 is 3.26. The first-order valence-electron chi connectivity index (χ1n) is 4.65. The Kier molecular flexibility index (Phi) is 2.52. The van der Waals surface area contributed by atoms with E-state index in [1.807, 2.05) is 48.9 Å². The molecule has 0 unspecified atom stereocenters. The number of nitrogens with zero attached hydrogens (tertiary/aromatic N) is 2. The van der Waals surface area contributed by atoms with E-state index in [4.69, 9.17) is 0 Å². The average molecular weight is 267 g/mol. The second-order valence-corrected chi connectivity index (χ2v) is 4.09. The van der Waals surface area contributed by atoms with Gasteiger partial charge in [0.15, 0.2) is 0 Å². The van der Waals surface area contributed by atoms with Gasteiger partial charge in [0.2, 0.25) is 0 Å². The quantitative estimate of drug-likeness (QED) is 0.779. The van der Waals surface area contributed by atoms with Crippen molar-refractivity contribution in [2.75, 3.05) is 0 Å². The summed E-state index contributed by atoms with van der Waals surface area (Å²) in [5.74, 6) is 0. The lowest BCUT2D eigenvalue weighted by atomic mass is 10.3. The molecule has 0 saturated carbocycles. The molecule has 0 aliphatic carbocycles. The zero-order chi connectivity index (χ0) is 11.0. The normalized spacial score (nSPS) is 10.6. The zero-order valence-corrected chi connectivity index (χ0v) is 10.2. The van der Waals surface area contributed by atoms with E-state index in [1.54, 1.807) is 0 Å². The van der Waals surface area contributed by atoms with Gasteiger partial charge in [-0.05, 0) is 26.0 Å². The highest BCUT2D eigenvalue weighted by Gasteiger charge is 2.12. The molecule has 1 aromatic heterocycles. The van der Waals surface area contributed by atoms with Gasteiger partial charge in [-0.2, -0.15) is 3.71 Å². The molecule has 0 radical (unpaired) electrons. The molecule has 3 nitrogen and oxygen atoms in total. The van der Waals surface area contributed by atoms with E-state index in [1.165, 1.54) is 3.71 Å². The van der Waals surface area contributed by atoms with Crippen molar-refractivity contribution >= 4 is 16.1 Å². The van der Waals surface area contributed by atoms with Crippen molar-refractivity contribution in [3.63, 3.8) is 0 Å². The molecular formula is C11H11BrN2O. The van der Waals surface area contributed by atoms with Crippen LogP contribution in [0.25, 0.3) is 5.69 Å². The summed E-state index contributed by atoms with van der Waals surface area (Å²) in [6, 6.07) is 9.77. The van der Waals surface area contributed by atoms with Crippen LogP contribution in [0.1, 0.15) is 11.3 Å². The van der Waals surface area contributed by atoms with Crippen LogP contribution in [0.4, 0.5) is 0 Å². The molecule has 0 spiro atoms. The first-order chi connectivity index (χ1) is 7.13. The van der Waals surface area contributed by atoms with E-state index in [9.17, 15) is 4.79 Å². The molecule has 0 atom stereocenters.